The topological polar surface area (TPSA) is 51.7 Å². The summed E-state index contributed by atoms with van der Waals surface area (Å²) in [5, 5.41) is 10.7. The van der Waals surface area contributed by atoms with Gasteiger partial charge in [-0.2, -0.15) is 0 Å². The van der Waals surface area contributed by atoms with Crippen LogP contribution in [-0.2, 0) is 0 Å². The summed E-state index contributed by atoms with van der Waals surface area (Å²) in [4.78, 5) is 6.87. The molecule has 0 aliphatic carbocycles. The average Bonchev–Trinajstić information content (AvgIpc) is 2.68. The van der Waals surface area contributed by atoms with E-state index in [9.17, 15) is 0 Å². The number of rotatable bonds is 12. The number of hydrogen-bond donors (Lipinski definition) is 3. The van der Waals surface area contributed by atoms with Crippen LogP contribution in [0.15, 0.2) is 35.3 Å². The van der Waals surface area contributed by atoms with Gasteiger partial charge in [-0.3, -0.25) is 4.99 Å². The molecule has 0 saturated heterocycles. The molecule has 0 saturated carbocycles. The third-order valence-electron chi connectivity index (χ3n) is 5.22. The van der Waals surface area contributed by atoms with Crippen molar-refractivity contribution in [1.29, 1.82) is 0 Å². The molecule has 0 bridgehead atoms. The molecule has 0 fully saturated rings. The fourth-order valence-corrected chi connectivity index (χ4v) is 3.43. The minimum absolute atomic E-state index is 0.0567. The molecule has 1 rings (SSSR count). The van der Waals surface area contributed by atoms with Gasteiger partial charge in [0.05, 0.1) is 0 Å². The highest BCUT2D eigenvalue weighted by molar-refractivity contribution is 5.80. The second-order valence-corrected chi connectivity index (χ2v) is 8.30. The Balaban J connectivity index is 2.41. The Labute approximate surface area is 173 Å². The first-order valence-electron chi connectivity index (χ1n) is 10.8. The summed E-state index contributed by atoms with van der Waals surface area (Å²) in [7, 11) is 1.84. The average molecular weight is 390 g/mol. The van der Waals surface area contributed by atoms with Crippen LogP contribution in [0.2, 0.25) is 0 Å². The molecule has 5 heteroatoms. The molecule has 2 unspecified atom stereocenters. The van der Waals surface area contributed by atoms with Crippen molar-refractivity contribution < 1.29 is 0 Å². The van der Waals surface area contributed by atoms with Crippen LogP contribution >= 0.6 is 0 Å². The number of hydrogen-bond acceptors (Lipinski definition) is 3. The monoisotopic (exact) mass is 389 g/mol. The molecule has 0 aliphatic rings. The van der Waals surface area contributed by atoms with Gasteiger partial charge in [0.15, 0.2) is 5.96 Å². The van der Waals surface area contributed by atoms with Gasteiger partial charge in [0.2, 0.25) is 0 Å². The SMILES string of the molecule is CCN(CC)CCCC(C)NC(=NC)NCC(C)(C)NC(C)c1ccccc1. The second-order valence-electron chi connectivity index (χ2n) is 8.30. The fourth-order valence-electron chi connectivity index (χ4n) is 3.43. The van der Waals surface area contributed by atoms with Gasteiger partial charge in [0.1, 0.15) is 0 Å². The van der Waals surface area contributed by atoms with Gasteiger partial charge < -0.3 is 20.9 Å². The molecule has 0 spiro atoms. The van der Waals surface area contributed by atoms with Gasteiger partial charge in [-0.05, 0) is 65.7 Å². The lowest BCUT2D eigenvalue weighted by Gasteiger charge is -2.32. The lowest BCUT2D eigenvalue weighted by molar-refractivity contribution is 0.292. The molecule has 0 amide bonds. The molecule has 0 aliphatic heterocycles. The maximum absolute atomic E-state index is 4.40. The summed E-state index contributed by atoms with van der Waals surface area (Å²) in [5.41, 5.74) is 1.25. The summed E-state index contributed by atoms with van der Waals surface area (Å²) in [6, 6.07) is 11.3. The van der Waals surface area contributed by atoms with E-state index in [4.69, 9.17) is 0 Å². The molecule has 3 N–H and O–H groups in total. The zero-order valence-electron chi connectivity index (χ0n) is 19.2. The van der Waals surface area contributed by atoms with E-state index in [1.54, 1.807) is 0 Å². The molecule has 1 aromatic carbocycles. The van der Waals surface area contributed by atoms with Crippen LogP contribution in [0.5, 0.6) is 0 Å². The summed E-state index contributed by atoms with van der Waals surface area (Å²) >= 11 is 0. The first kappa shape index (κ1) is 24.4. The molecule has 2 atom stereocenters. The van der Waals surface area contributed by atoms with Crippen LogP contribution in [0, 0.1) is 0 Å². The van der Waals surface area contributed by atoms with Crippen molar-refractivity contribution in [3.05, 3.63) is 35.9 Å². The Kier molecular flexibility index (Phi) is 11.2. The largest absolute Gasteiger partial charge is 0.355 e. The van der Waals surface area contributed by atoms with Gasteiger partial charge in [0, 0.05) is 31.2 Å². The third kappa shape index (κ3) is 9.56. The molecular weight excluding hydrogens is 346 g/mol. The highest BCUT2D eigenvalue weighted by Crippen LogP contribution is 2.15. The van der Waals surface area contributed by atoms with Crippen molar-refractivity contribution >= 4 is 5.96 Å². The minimum Gasteiger partial charge on any atom is -0.355 e. The fraction of sp³-hybridized carbons (Fsp3) is 0.696. The van der Waals surface area contributed by atoms with Crippen LogP contribution in [-0.4, -0.2) is 55.7 Å². The Morgan fingerprint density at radius 2 is 1.75 bits per heavy atom. The highest BCUT2D eigenvalue weighted by atomic mass is 15.2. The molecule has 0 aromatic heterocycles. The van der Waals surface area contributed by atoms with E-state index in [2.05, 4.69) is 97.7 Å². The van der Waals surface area contributed by atoms with Crippen LogP contribution in [0.25, 0.3) is 0 Å². The molecule has 160 valence electrons. The smallest absolute Gasteiger partial charge is 0.191 e. The predicted octanol–water partition coefficient (Wildman–Crippen LogP) is 3.79. The zero-order chi connectivity index (χ0) is 21.0. The van der Waals surface area contributed by atoms with Gasteiger partial charge in [-0.1, -0.05) is 44.2 Å². The highest BCUT2D eigenvalue weighted by Gasteiger charge is 2.21. The first-order chi connectivity index (χ1) is 13.3. The summed E-state index contributed by atoms with van der Waals surface area (Å²) < 4.78 is 0. The number of aliphatic imine (C=N–C) groups is 1. The summed E-state index contributed by atoms with van der Waals surface area (Å²) in [6.07, 6.45) is 2.35. The molecular formula is C23H43N5. The number of guanidine groups is 1. The van der Waals surface area contributed by atoms with Crippen molar-refractivity contribution in [2.24, 2.45) is 4.99 Å². The molecule has 1 aromatic rings. The third-order valence-corrected chi connectivity index (χ3v) is 5.22. The minimum atomic E-state index is -0.0567. The quantitative estimate of drug-likeness (QED) is 0.376. The molecule has 28 heavy (non-hydrogen) atoms. The summed E-state index contributed by atoms with van der Waals surface area (Å²) in [5.74, 6) is 0.873. The van der Waals surface area contributed by atoms with Crippen LogP contribution in [0.4, 0.5) is 0 Å². The van der Waals surface area contributed by atoms with Crippen LogP contribution in [0.3, 0.4) is 0 Å². The van der Waals surface area contributed by atoms with Gasteiger partial charge >= 0.3 is 0 Å². The van der Waals surface area contributed by atoms with Gasteiger partial charge in [-0.15, -0.1) is 0 Å². The lowest BCUT2D eigenvalue weighted by Crippen LogP contribution is -2.53. The van der Waals surface area contributed by atoms with Crippen LogP contribution < -0.4 is 16.0 Å². The molecule has 5 nitrogen and oxygen atoms in total. The van der Waals surface area contributed by atoms with E-state index in [1.165, 1.54) is 18.5 Å². The normalized spacial score (nSPS) is 14.8. The lowest BCUT2D eigenvalue weighted by atomic mass is 10.0. The standard InChI is InChI=1S/C23H43N5/c1-8-28(9-2)17-13-14-19(3)26-22(24-7)25-18-23(5,6)27-20(4)21-15-11-10-12-16-21/h10-12,15-16,19-20,27H,8-9,13-14,17-18H2,1-7H3,(H2,24,25,26). The van der Waals surface area contributed by atoms with E-state index in [0.717, 1.165) is 32.0 Å². The van der Waals surface area contributed by atoms with Crippen molar-refractivity contribution in [3.8, 4) is 0 Å². The van der Waals surface area contributed by atoms with Crippen LogP contribution in [0.1, 0.15) is 66.0 Å². The van der Waals surface area contributed by atoms with E-state index >= 15 is 0 Å². The number of benzene rings is 1. The Bertz CT molecular complexity index is 551. The number of nitrogens with one attached hydrogen (secondary N) is 3. The van der Waals surface area contributed by atoms with Crippen molar-refractivity contribution in [2.75, 3.05) is 33.2 Å². The molecule has 0 heterocycles. The first-order valence-corrected chi connectivity index (χ1v) is 10.8. The van der Waals surface area contributed by atoms with Gasteiger partial charge in [0.25, 0.3) is 0 Å². The van der Waals surface area contributed by atoms with E-state index in [0.29, 0.717) is 12.1 Å². The maximum atomic E-state index is 4.40. The Morgan fingerprint density at radius 1 is 1.11 bits per heavy atom. The van der Waals surface area contributed by atoms with E-state index < -0.39 is 0 Å². The Hall–Kier alpha value is -1.59. The van der Waals surface area contributed by atoms with Crippen molar-refractivity contribution in [2.45, 2.75) is 72.0 Å². The van der Waals surface area contributed by atoms with E-state index in [1.807, 2.05) is 7.05 Å². The van der Waals surface area contributed by atoms with Crippen molar-refractivity contribution in [1.82, 2.24) is 20.9 Å². The van der Waals surface area contributed by atoms with E-state index in [-0.39, 0.29) is 5.54 Å². The Morgan fingerprint density at radius 3 is 2.32 bits per heavy atom. The van der Waals surface area contributed by atoms with Gasteiger partial charge in [-0.25, -0.2) is 0 Å². The van der Waals surface area contributed by atoms with Crippen molar-refractivity contribution in [3.63, 3.8) is 0 Å². The second kappa shape index (κ2) is 12.8. The summed E-state index contributed by atoms with van der Waals surface area (Å²) in [6.45, 7) is 17.6. The zero-order valence-corrected chi connectivity index (χ0v) is 19.2. The maximum Gasteiger partial charge on any atom is 0.191 e. The molecule has 0 radical (unpaired) electrons. The number of nitrogens with zero attached hydrogens (tertiary/aromatic N) is 2. The predicted molar refractivity (Wildman–Crippen MR) is 123 cm³/mol.